The molecule has 156 valence electrons. The molecule has 1 atom stereocenters. The minimum atomic E-state index is 0. The summed E-state index contributed by atoms with van der Waals surface area (Å²) in [4.78, 5) is 13.1. The van der Waals surface area contributed by atoms with Gasteiger partial charge in [-0.05, 0) is 44.5 Å². The highest BCUT2D eigenvalue weighted by Gasteiger charge is 2.22. The Hall–Kier alpha value is -1.13. The predicted octanol–water partition coefficient (Wildman–Crippen LogP) is 3.68. The second-order valence-electron chi connectivity index (χ2n) is 6.80. The van der Waals surface area contributed by atoms with E-state index in [2.05, 4.69) is 34.4 Å². The van der Waals surface area contributed by atoms with Gasteiger partial charge in [0.2, 0.25) is 0 Å². The second-order valence-corrected chi connectivity index (χ2v) is 8.00. The lowest BCUT2D eigenvalue weighted by Crippen LogP contribution is -2.45. The van der Waals surface area contributed by atoms with E-state index in [0.29, 0.717) is 12.6 Å². The van der Waals surface area contributed by atoms with Gasteiger partial charge < -0.3 is 15.1 Å². The summed E-state index contributed by atoms with van der Waals surface area (Å²) in [5.41, 5.74) is 0. The Bertz CT molecular complexity index is 703. The van der Waals surface area contributed by atoms with Gasteiger partial charge in [-0.3, -0.25) is 4.90 Å². The van der Waals surface area contributed by atoms with Crippen molar-refractivity contribution in [2.24, 2.45) is 4.99 Å². The maximum Gasteiger partial charge on any atom is 0.191 e. The van der Waals surface area contributed by atoms with Crippen LogP contribution < -0.4 is 10.6 Å². The molecule has 3 rings (SSSR count). The molecule has 1 aliphatic rings. The lowest BCUT2D eigenvalue weighted by molar-refractivity contribution is 0.267. The number of halogens is 1. The van der Waals surface area contributed by atoms with Crippen LogP contribution in [0.4, 0.5) is 0 Å². The number of likely N-dealkylation sites (tertiary alicyclic amines) is 1. The molecule has 28 heavy (non-hydrogen) atoms. The molecule has 1 saturated heterocycles. The van der Waals surface area contributed by atoms with Crippen molar-refractivity contribution < 1.29 is 4.42 Å². The largest absolute Gasteiger partial charge is 0.469 e. The summed E-state index contributed by atoms with van der Waals surface area (Å²) in [5, 5.41) is 8.05. The van der Waals surface area contributed by atoms with Gasteiger partial charge in [0.15, 0.2) is 5.96 Å². The van der Waals surface area contributed by atoms with Crippen LogP contribution in [0.5, 0.6) is 0 Å². The third kappa shape index (κ3) is 7.04. The molecule has 2 N–H and O–H groups in total. The molecule has 1 aliphatic heterocycles. The molecule has 0 saturated carbocycles. The molecule has 2 aromatic rings. The Balaban J connectivity index is 0.00000280. The number of hydrogen-bond acceptors (Lipinski definition) is 5. The summed E-state index contributed by atoms with van der Waals surface area (Å²) in [7, 11) is 0. The Morgan fingerprint density at radius 2 is 2.29 bits per heavy atom. The van der Waals surface area contributed by atoms with Crippen molar-refractivity contribution in [3.63, 3.8) is 0 Å². The molecular formula is C20H32IN5OS. The van der Waals surface area contributed by atoms with Crippen molar-refractivity contribution in [1.29, 1.82) is 0 Å². The lowest BCUT2D eigenvalue weighted by Gasteiger charge is -2.24. The monoisotopic (exact) mass is 517 g/mol. The fourth-order valence-corrected chi connectivity index (χ4v) is 4.21. The minimum absolute atomic E-state index is 0. The molecule has 3 heterocycles. The number of furan rings is 1. The van der Waals surface area contributed by atoms with E-state index in [1.165, 1.54) is 24.3 Å². The van der Waals surface area contributed by atoms with Crippen LogP contribution in [0.15, 0.2) is 34.0 Å². The third-order valence-electron chi connectivity index (χ3n) is 4.98. The minimum Gasteiger partial charge on any atom is -0.469 e. The first-order valence-electron chi connectivity index (χ1n) is 10.0. The van der Waals surface area contributed by atoms with Crippen molar-refractivity contribution in [2.45, 2.75) is 52.1 Å². The van der Waals surface area contributed by atoms with E-state index in [0.717, 1.165) is 49.2 Å². The average molecular weight is 517 g/mol. The van der Waals surface area contributed by atoms with Crippen molar-refractivity contribution in [1.82, 2.24) is 20.5 Å². The smallest absolute Gasteiger partial charge is 0.191 e. The molecule has 0 aromatic carbocycles. The Labute approximate surface area is 189 Å². The summed E-state index contributed by atoms with van der Waals surface area (Å²) >= 11 is 1.75. The van der Waals surface area contributed by atoms with E-state index in [-0.39, 0.29) is 24.0 Å². The highest BCUT2D eigenvalue weighted by molar-refractivity contribution is 14.0. The zero-order valence-corrected chi connectivity index (χ0v) is 20.0. The number of nitrogens with zero attached hydrogens (tertiary/aromatic N) is 3. The molecule has 0 aliphatic carbocycles. The Morgan fingerprint density at radius 3 is 3.00 bits per heavy atom. The maximum atomic E-state index is 5.41. The topological polar surface area (TPSA) is 65.7 Å². The molecule has 1 fully saturated rings. The molecule has 2 aromatic heterocycles. The number of aryl methyl sites for hydroxylation is 1. The standard InChI is InChI=1S/C20H31N5OS.HI/c1-3-18-14-22-19(27-18)15-24-20(21-10-9-17-8-6-12-26-17)23-13-16-7-5-11-25(16)4-2;/h6,8,12,14,16H,3-5,7,9-11,13,15H2,1-2H3,(H2,21,23,24);1H. The van der Waals surface area contributed by atoms with Gasteiger partial charge in [0, 0.05) is 36.6 Å². The maximum absolute atomic E-state index is 5.41. The average Bonchev–Trinajstić information content (AvgIpc) is 3.45. The van der Waals surface area contributed by atoms with Gasteiger partial charge in [-0.15, -0.1) is 35.3 Å². The fourth-order valence-electron chi connectivity index (χ4n) is 3.42. The molecule has 0 amide bonds. The molecular weight excluding hydrogens is 485 g/mol. The molecule has 0 radical (unpaired) electrons. The zero-order chi connectivity index (χ0) is 18.9. The van der Waals surface area contributed by atoms with E-state index < -0.39 is 0 Å². The fraction of sp³-hybridized carbons (Fsp3) is 0.600. The summed E-state index contributed by atoms with van der Waals surface area (Å²) in [5.74, 6) is 1.85. The van der Waals surface area contributed by atoms with Crippen molar-refractivity contribution >= 4 is 41.3 Å². The quantitative estimate of drug-likeness (QED) is 0.302. The number of nitrogens with one attached hydrogen (secondary N) is 2. The van der Waals surface area contributed by atoms with Crippen LogP contribution >= 0.6 is 35.3 Å². The third-order valence-corrected chi connectivity index (χ3v) is 6.10. The summed E-state index contributed by atoms with van der Waals surface area (Å²) in [6, 6.07) is 4.53. The number of aliphatic imine (C=N–C) groups is 1. The summed E-state index contributed by atoms with van der Waals surface area (Å²) in [6.45, 7) is 9.05. The van der Waals surface area contributed by atoms with Gasteiger partial charge in [-0.25, -0.2) is 9.98 Å². The van der Waals surface area contributed by atoms with Gasteiger partial charge >= 0.3 is 0 Å². The highest BCUT2D eigenvalue weighted by Crippen LogP contribution is 2.16. The first-order chi connectivity index (χ1) is 13.3. The normalized spacial score (nSPS) is 17.5. The first-order valence-corrected chi connectivity index (χ1v) is 10.8. The molecule has 8 heteroatoms. The van der Waals surface area contributed by atoms with E-state index in [1.54, 1.807) is 17.6 Å². The zero-order valence-electron chi connectivity index (χ0n) is 16.8. The van der Waals surface area contributed by atoms with Crippen molar-refractivity contribution in [2.75, 3.05) is 26.2 Å². The van der Waals surface area contributed by atoms with Crippen molar-refractivity contribution in [3.05, 3.63) is 40.2 Å². The Kier molecular flexibility index (Phi) is 10.3. The highest BCUT2D eigenvalue weighted by atomic mass is 127. The molecule has 1 unspecified atom stereocenters. The lowest BCUT2D eigenvalue weighted by atomic mass is 10.2. The van der Waals surface area contributed by atoms with E-state index in [4.69, 9.17) is 9.41 Å². The Morgan fingerprint density at radius 1 is 1.39 bits per heavy atom. The molecule has 6 nitrogen and oxygen atoms in total. The van der Waals surface area contributed by atoms with E-state index in [1.807, 2.05) is 18.3 Å². The van der Waals surface area contributed by atoms with Crippen molar-refractivity contribution in [3.8, 4) is 0 Å². The van der Waals surface area contributed by atoms with Crippen LogP contribution in [0, 0.1) is 0 Å². The van der Waals surface area contributed by atoms with Crippen LogP contribution in [0.25, 0.3) is 0 Å². The molecule has 0 spiro atoms. The molecule has 0 bridgehead atoms. The summed E-state index contributed by atoms with van der Waals surface area (Å²) in [6.07, 6.45) is 8.10. The first kappa shape index (κ1) is 23.2. The van der Waals surface area contributed by atoms with E-state index >= 15 is 0 Å². The van der Waals surface area contributed by atoms with E-state index in [9.17, 15) is 0 Å². The number of rotatable bonds is 9. The van der Waals surface area contributed by atoms with Gasteiger partial charge in [0.1, 0.15) is 10.8 Å². The number of thiazole rings is 1. The number of likely N-dealkylation sites (N-methyl/N-ethyl adjacent to an activating group) is 1. The number of hydrogen-bond donors (Lipinski definition) is 2. The van der Waals surface area contributed by atoms with Crippen LogP contribution in [0.2, 0.25) is 0 Å². The SMILES string of the molecule is CCc1cnc(CN=C(NCCc2ccco2)NCC2CCCN2CC)s1.I. The number of guanidine groups is 1. The van der Waals surface area contributed by atoms with Crippen LogP contribution in [0.3, 0.4) is 0 Å². The predicted molar refractivity (Wildman–Crippen MR) is 127 cm³/mol. The van der Waals surface area contributed by atoms with Gasteiger partial charge in [-0.1, -0.05) is 13.8 Å². The second kappa shape index (κ2) is 12.4. The van der Waals surface area contributed by atoms with Gasteiger partial charge in [-0.2, -0.15) is 0 Å². The number of aromatic nitrogens is 1. The summed E-state index contributed by atoms with van der Waals surface area (Å²) < 4.78 is 5.41. The van der Waals surface area contributed by atoms with Gasteiger partial charge in [0.05, 0.1) is 12.8 Å². The van der Waals surface area contributed by atoms with Crippen LogP contribution in [-0.2, 0) is 19.4 Å². The van der Waals surface area contributed by atoms with Crippen LogP contribution in [-0.4, -0.2) is 48.1 Å². The van der Waals surface area contributed by atoms with Crippen LogP contribution in [0.1, 0.15) is 42.3 Å². The van der Waals surface area contributed by atoms with Gasteiger partial charge in [0.25, 0.3) is 0 Å².